The molecule has 0 aliphatic carbocycles. The molecule has 0 saturated carbocycles. The molecule has 0 spiro atoms. The van der Waals surface area contributed by atoms with E-state index >= 15 is 0 Å². The smallest absolute Gasteiger partial charge is 0.265 e. The van der Waals surface area contributed by atoms with Crippen LogP contribution in [0.25, 0.3) is 0 Å². The molecule has 0 aliphatic rings. The first-order valence-corrected chi connectivity index (χ1v) is 8.34. The molecule has 0 heterocycles. The Morgan fingerprint density at radius 1 is 1.17 bits per heavy atom. The minimum absolute atomic E-state index is 0.222. The van der Waals surface area contributed by atoms with Crippen molar-refractivity contribution in [2.24, 2.45) is 0 Å². The van der Waals surface area contributed by atoms with Gasteiger partial charge in [-0.1, -0.05) is 35.0 Å². The summed E-state index contributed by atoms with van der Waals surface area (Å²) in [4.78, 5) is 12.3. The van der Waals surface area contributed by atoms with Gasteiger partial charge in [0.2, 0.25) is 0 Å². The number of nitrogens with one attached hydrogen (secondary N) is 1. The highest BCUT2D eigenvalue weighted by Crippen LogP contribution is 2.24. The number of carbonyl (C=O) groups excluding carboxylic acids is 1. The van der Waals surface area contributed by atoms with Crippen LogP contribution in [0.2, 0.25) is 0 Å². The first-order chi connectivity index (χ1) is 11.1. The highest BCUT2D eigenvalue weighted by molar-refractivity contribution is 9.10. The van der Waals surface area contributed by atoms with E-state index in [9.17, 15) is 4.79 Å². The largest absolute Gasteiger partial charge is 0.491 e. The van der Waals surface area contributed by atoms with E-state index in [0.717, 1.165) is 10.9 Å². The molecule has 1 atom stereocenters. The Morgan fingerprint density at radius 3 is 2.57 bits per heavy atom. The first kappa shape index (κ1) is 17.3. The van der Waals surface area contributed by atoms with Gasteiger partial charge in [0, 0.05) is 4.47 Å². The number of anilines is 1. The van der Waals surface area contributed by atoms with Crippen LogP contribution < -0.4 is 14.8 Å². The van der Waals surface area contributed by atoms with Gasteiger partial charge in [0.1, 0.15) is 11.5 Å². The average molecular weight is 378 g/mol. The fraction of sp³-hybridized carbons (Fsp3) is 0.278. The van der Waals surface area contributed by atoms with E-state index in [1.165, 1.54) is 0 Å². The molecule has 1 unspecified atom stereocenters. The highest BCUT2D eigenvalue weighted by Gasteiger charge is 2.16. The summed E-state index contributed by atoms with van der Waals surface area (Å²) in [6, 6.07) is 14.7. The monoisotopic (exact) mass is 377 g/mol. The normalized spacial score (nSPS) is 11.6. The average Bonchev–Trinajstić information content (AvgIpc) is 2.56. The second-order valence-electron chi connectivity index (χ2n) is 5.05. The summed E-state index contributed by atoms with van der Waals surface area (Å²) in [5.74, 6) is 1.09. The van der Waals surface area contributed by atoms with E-state index in [0.29, 0.717) is 23.8 Å². The predicted octanol–water partition coefficient (Wildman–Crippen LogP) is 4.64. The lowest BCUT2D eigenvalue weighted by atomic mass is 10.2. The third kappa shape index (κ3) is 5.28. The second kappa shape index (κ2) is 8.58. The lowest BCUT2D eigenvalue weighted by Crippen LogP contribution is -2.30. The summed E-state index contributed by atoms with van der Waals surface area (Å²) in [6.07, 6.45) is 0.293. The molecular formula is C18H20BrNO3. The number of para-hydroxylation sites is 2. The van der Waals surface area contributed by atoms with Crippen molar-refractivity contribution in [3.63, 3.8) is 0 Å². The molecule has 0 saturated heterocycles. The summed E-state index contributed by atoms with van der Waals surface area (Å²) in [5.41, 5.74) is 0.650. The predicted molar refractivity (Wildman–Crippen MR) is 95.1 cm³/mol. The Labute approximate surface area is 144 Å². The summed E-state index contributed by atoms with van der Waals surface area (Å²) in [7, 11) is 0. The third-order valence-corrected chi connectivity index (χ3v) is 3.63. The van der Waals surface area contributed by atoms with Crippen LogP contribution in [0.3, 0.4) is 0 Å². The molecule has 4 nitrogen and oxygen atoms in total. The van der Waals surface area contributed by atoms with E-state index in [-0.39, 0.29) is 5.91 Å². The Hall–Kier alpha value is -2.01. The molecule has 1 N–H and O–H groups in total. The van der Waals surface area contributed by atoms with E-state index in [4.69, 9.17) is 9.47 Å². The maximum atomic E-state index is 12.3. The molecule has 0 radical (unpaired) electrons. The molecule has 0 fully saturated rings. The number of halogens is 1. The number of hydrogen-bond acceptors (Lipinski definition) is 3. The van der Waals surface area contributed by atoms with E-state index in [2.05, 4.69) is 21.2 Å². The minimum Gasteiger partial charge on any atom is -0.491 e. The molecular weight excluding hydrogens is 358 g/mol. The van der Waals surface area contributed by atoms with Gasteiger partial charge in [0.05, 0.1) is 12.3 Å². The molecule has 122 valence electrons. The lowest BCUT2D eigenvalue weighted by molar-refractivity contribution is -0.122. The SMILES string of the molecule is CCCOc1ccccc1NC(=O)C(C)Oc1ccc(Br)cc1. The minimum atomic E-state index is -0.615. The van der Waals surface area contributed by atoms with Crippen molar-refractivity contribution in [1.82, 2.24) is 0 Å². The van der Waals surface area contributed by atoms with Gasteiger partial charge in [0.25, 0.3) is 5.91 Å². The number of ether oxygens (including phenoxy) is 2. The third-order valence-electron chi connectivity index (χ3n) is 3.10. The molecule has 0 bridgehead atoms. The molecule has 2 aromatic rings. The van der Waals surface area contributed by atoms with Crippen molar-refractivity contribution >= 4 is 27.5 Å². The number of amides is 1. The van der Waals surface area contributed by atoms with Crippen molar-refractivity contribution in [1.29, 1.82) is 0 Å². The Kier molecular flexibility index (Phi) is 6.47. The van der Waals surface area contributed by atoms with Gasteiger partial charge < -0.3 is 14.8 Å². The molecule has 5 heteroatoms. The standard InChI is InChI=1S/C18H20BrNO3/c1-3-12-22-17-7-5-4-6-16(17)20-18(21)13(2)23-15-10-8-14(19)9-11-15/h4-11,13H,3,12H2,1-2H3,(H,20,21). The zero-order valence-corrected chi connectivity index (χ0v) is 14.8. The lowest BCUT2D eigenvalue weighted by Gasteiger charge is -2.16. The molecule has 2 rings (SSSR count). The van der Waals surface area contributed by atoms with Crippen LogP contribution in [-0.4, -0.2) is 18.6 Å². The summed E-state index contributed by atoms with van der Waals surface area (Å²) >= 11 is 3.36. The van der Waals surface area contributed by atoms with Gasteiger partial charge in [-0.25, -0.2) is 0 Å². The van der Waals surface area contributed by atoms with Crippen LogP contribution in [0.15, 0.2) is 53.0 Å². The van der Waals surface area contributed by atoms with Crippen molar-refractivity contribution in [3.05, 3.63) is 53.0 Å². The van der Waals surface area contributed by atoms with Crippen LogP contribution in [0.4, 0.5) is 5.69 Å². The van der Waals surface area contributed by atoms with Crippen LogP contribution in [0.1, 0.15) is 20.3 Å². The summed E-state index contributed by atoms with van der Waals surface area (Å²) in [5, 5.41) is 2.85. The Bertz CT molecular complexity index is 643. The van der Waals surface area contributed by atoms with Crippen LogP contribution in [-0.2, 0) is 4.79 Å². The van der Waals surface area contributed by atoms with Gasteiger partial charge >= 0.3 is 0 Å². The molecule has 0 aromatic heterocycles. The van der Waals surface area contributed by atoms with Gasteiger partial charge in [-0.2, -0.15) is 0 Å². The zero-order valence-electron chi connectivity index (χ0n) is 13.2. The van der Waals surface area contributed by atoms with Crippen molar-refractivity contribution in [2.45, 2.75) is 26.4 Å². The topological polar surface area (TPSA) is 47.6 Å². The molecule has 0 aliphatic heterocycles. The number of rotatable bonds is 7. The number of hydrogen-bond donors (Lipinski definition) is 1. The first-order valence-electron chi connectivity index (χ1n) is 7.55. The zero-order chi connectivity index (χ0) is 16.7. The van der Waals surface area contributed by atoms with Gasteiger partial charge in [-0.05, 0) is 49.7 Å². The second-order valence-corrected chi connectivity index (χ2v) is 5.96. The van der Waals surface area contributed by atoms with Crippen LogP contribution in [0, 0.1) is 0 Å². The fourth-order valence-corrected chi connectivity index (χ4v) is 2.18. The van der Waals surface area contributed by atoms with Gasteiger partial charge in [-0.3, -0.25) is 4.79 Å². The highest BCUT2D eigenvalue weighted by atomic mass is 79.9. The summed E-state index contributed by atoms with van der Waals surface area (Å²) in [6.45, 7) is 4.36. The Morgan fingerprint density at radius 2 is 1.87 bits per heavy atom. The van der Waals surface area contributed by atoms with E-state index in [1.54, 1.807) is 6.92 Å². The Balaban J connectivity index is 1.99. The maximum absolute atomic E-state index is 12.3. The van der Waals surface area contributed by atoms with Crippen LogP contribution >= 0.6 is 15.9 Å². The van der Waals surface area contributed by atoms with Crippen molar-refractivity contribution < 1.29 is 14.3 Å². The number of benzene rings is 2. The quantitative estimate of drug-likeness (QED) is 0.763. The van der Waals surface area contributed by atoms with Crippen molar-refractivity contribution in [3.8, 4) is 11.5 Å². The fourth-order valence-electron chi connectivity index (χ4n) is 1.91. The van der Waals surface area contributed by atoms with Crippen molar-refractivity contribution in [2.75, 3.05) is 11.9 Å². The number of carbonyl (C=O) groups is 1. The maximum Gasteiger partial charge on any atom is 0.265 e. The van der Waals surface area contributed by atoms with Crippen LogP contribution in [0.5, 0.6) is 11.5 Å². The molecule has 23 heavy (non-hydrogen) atoms. The molecule has 2 aromatic carbocycles. The summed E-state index contributed by atoms with van der Waals surface area (Å²) < 4.78 is 12.3. The van der Waals surface area contributed by atoms with Gasteiger partial charge in [-0.15, -0.1) is 0 Å². The molecule has 1 amide bonds. The van der Waals surface area contributed by atoms with Gasteiger partial charge in [0.15, 0.2) is 6.10 Å². The van der Waals surface area contributed by atoms with E-state index in [1.807, 2.05) is 55.5 Å². The van der Waals surface area contributed by atoms with E-state index < -0.39 is 6.10 Å².